The first-order valence-electron chi connectivity index (χ1n) is 7.68. The highest BCUT2D eigenvalue weighted by molar-refractivity contribution is 5.94. The molecule has 1 aliphatic heterocycles. The van der Waals surface area contributed by atoms with Gasteiger partial charge in [-0.2, -0.15) is 0 Å². The molecule has 0 aliphatic carbocycles. The van der Waals surface area contributed by atoms with E-state index in [0.717, 1.165) is 5.56 Å². The van der Waals surface area contributed by atoms with Gasteiger partial charge >= 0.3 is 0 Å². The zero-order valence-electron chi connectivity index (χ0n) is 13.1. The second-order valence-corrected chi connectivity index (χ2v) is 5.63. The lowest BCUT2D eigenvalue weighted by molar-refractivity contribution is -0.133. The standard InChI is InChI=1S/C18H19N3O2/c1-14(22)21-11-10-20(18(23)16-8-5-9-19-12-16)13-17(21)15-6-3-2-4-7-15/h2-9,12,17H,10-11,13H2,1H3/t17-/m1/s1. The molecule has 0 unspecified atom stereocenters. The van der Waals surface area contributed by atoms with Crippen LogP contribution >= 0.6 is 0 Å². The molecule has 3 rings (SSSR count). The SMILES string of the molecule is CC(=O)N1CCN(C(=O)c2cccnc2)C[C@@H]1c1ccccc1. The number of carbonyl (C=O) groups is 2. The van der Waals surface area contributed by atoms with Gasteiger partial charge in [0.25, 0.3) is 5.91 Å². The summed E-state index contributed by atoms with van der Waals surface area (Å²) in [6.07, 6.45) is 3.23. The van der Waals surface area contributed by atoms with Gasteiger partial charge in [-0.05, 0) is 17.7 Å². The molecule has 0 spiro atoms. The number of piperazine rings is 1. The van der Waals surface area contributed by atoms with E-state index in [1.165, 1.54) is 0 Å². The molecule has 1 aliphatic rings. The number of pyridine rings is 1. The molecule has 23 heavy (non-hydrogen) atoms. The normalized spacial score (nSPS) is 17.9. The Morgan fingerprint density at radius 1 is 1.09 bits per heavy atom. The molecular weight excluding hydrogens is 290 g/mol. The quantitative estimate of drug-likeness (QED) is 0.854. The van der Waals surface area contributed by atoms with E-state index in [-0.39, 0.29) is 17.9 Å². The van der Waals surface area contributed by atoms with Crippen LogP contribution < -0.4 is 0 Å². The fourth-order valence-corrected chi connectivity index (χ4v) is 2.98. The highest BCUT2D eigenvalue weighted by Crippen LogP contribution is 2.26. The van der Waals surface area contributed by atoms with Crippen molar-refractivity contribution in [3.8, 4) is 0 Å². The summed E-state index contributed by atoms with van der Waals surface area (Å²) in [7, 11) is 0. The van der Waals surface area contributed by atoms with Crippen LogP contribution in [0.1, 0.15) is 28.9 Å². The van der Waals surface area contributed by atoms with Crippen molar-refractivity contribution in [2.45, 2.75) is 13.0 Å². The van der Waals surface area contributed by atoms with E-state index < -0.39 is 0 Å². The summed E-state index contributed by atoms with van der Waals surface area (Å²) in [5.41, 5.74) is 1.63. The van der Waals surface area contributed by atoms with E-state index in [1.54, 1.807) is 36.4 Å². The van der Waals surface area contributed by atoms with E-state index in [4.69, 9.17) is 0 Å². The van der Waals surface area contributed by atoms with Crippen molar-refractivity contribution in [1.82, 2.24) is 14.8 Å². The van der Waals surface area contributed by atoms with Crippen LogP contribution in [0.3, 0.4) is 0 Å². The van der Waals surface area contributed by atoms with Gasteiger partial charge in [-0.15, -0.1) is 0 Å². The summed E-state index contributed by atoms with van der Waals surface area (Å²) in [6, 6.07) is 13.3. The van der Waals surface area contributed by atoms with E-state index in [0.29, 0.717) is 25.2 Å². The number of hydrogen-bond acceptors (Lipinski definition) is 3. The molecule has 0 radical (unpaired) electrons. The molecule has 5 heteroatoms. The lowest BCUT2D eigenvalue weighted by Crippen LogP contribution is -2.51. The minimum absolute atomic E-state index is 0.0346. The molecule has 118 valence electrons. The molecule has 1 fully saturated rings. The summed E-state index contributed by atoms with van der Waals surface area (Å²) >= 11 is 0. The molecule has 2 amide bonds. The first kappa shape index (κ1) is 15.2. The Bertz CT molecular complexity index is 688. The summed E-state index contributed by atoms with van der Waals surface area (Å²) in [4.78, 5) is 32.2. The topological polar surface area (TPSA) is 53.5 Å². The number of aromatic nitrogens is 1. The lowest BCUT2D eigenvalue weighted by atomic mass is 10.0. The van der Waals surface area contributed by atoms with Gasteiger partial charge in [0.15, 0.2) is 0 Å². The Labute approximate surface area is 135 Å². The fourth-order valence-electron chi connectivity index (χ4n) is 2.98. The van der Waals surface area contributed by atoms with E-state index in [2.05, 4.69) is 4.98 Å². The Kier molecular flexibility index (Phi) is 4.37. The van der Waals surface area contributed by atoms with Gasteiger partial charge in [-0.3, -0.25) is 14.6 Å². The molecule has 1 aromatic carbocycles. The third kappa shape index (κ3) is 3.23. The van der Waals surface area contributed by atoms with Crippen LogP contribution in [0.5, 0.6) is 0 Å². The largest absolute Gasteiger partial charge is 0.334 e. The van der Waals surface area contributed by atoms with E-state index in [9.17, 15) is 9.59 Å². The van der Waals surface area contributed by atoms with Crippen LogP contribution in [0.25, 0.3) is 0 Å². The monoisotopic (exact) mass is 309 g/mol. The predicted molar refractivity (Wildman–Crippen MR) is 86.7 cm³/mol. The van der Waals surface area contributed by atoms with Crippen LogP contribution in [0.15, 0.2) is 54.9 Å². The van der Waals surface area contributed by atoms with Crippen molar-refractivity contribution in [3.05, 3.63) is 66.0 Å². The number of benzene rings is 1. The molecular formula is C18H19N3O2. The number of rotatable bonds is 2. The summed E-state index contributed by atoms with van der Waals surface area (Å²) in [5.74, 6) is -0.00503. The van der Waals surface area contributed by atoms with Crippen molar-refractivity contribution < 1.29 is 9.59 Å². The maximum Gasteiger partial charge on any atom is 0.255 e. The minimum Gasteiger partial charge on any atom is -0.334 e. The van der Waals surface area contributed by atoms with Gasteiger partial charge in [0.05, 0.1) is 11.6 Å². The Morgan fingerprint density at radius 2 is 1.87 bits per heavy atom. The van der Waals surface area contributed by atoms with Crippen molar-refractivity contribution in [3.63, 3.8) is 0 Å². The van der Waals surface area contributed by atoms with Crippen molar-refractivity contribution in [2.75, 3.05) is 19.6 Å². The van der Waals surface area contributed by atoms with E-state index in [1.807, 2.05) is 35.2 Å². The molecule has 0 N–H and O–H groups in total. The van der Waals surface area contributed by atoms with Crippen LogP contribution in [0, 0.1) is 0 Å². The average molecular weight is 309 g/mol. The Hall–Kier alpha value is -2.69. The Morgan fingerprint density at radius 3 is 2.52 bits per heavy atom. The first-order chi connectivity index (χ1) is 11.2. The third-order valence-corrected chi connectivity index (χ3v) is 4.16. The molecule has 1 saturated heterocycles. The summed E-state index contributed by atoms with van der Waals surface area (Å²) in [5, 5.41) is 0. The first-order valence-corrected chi connectivity index (χ1v) is 7.68. The molecule has 0 saturated carbocycles. The van der Waals surface area contributed by atoms with Gasteiger partial charge in [-0.25, -0.2) is 0 Å². The van der Waals surface area contributed by atoms with Crippen molar-refractivity contribution >= 4 is 11.8 Å². The van der Waals surface area contributed by atoms with Gasteiger partial charge in [0.2, 0.25) is 5.91 Å². The number of hydrogen-bond donors (Lipinski definition) is 0. The van der Waals surface area contributed by atoms with Crippen LogP contribution in [-0.2, 0) is 4.79 Å². The Balaban J connectivity index is 1.84. The van der Waals surface area contributed by atoms with Gasteiger partial charge < -0.3 is 9.80 Å². The lowest BCUT2D eigenvalue weighted by Gasteiger charge is -2.41. The summed E-state index contributed by atoms with van der Waals surface area (Å²) in [6.45, 7) is 3.16. The highest BCUT2D eigenvalue weighted by atomic mass is 16.2. The molecule has 1 aromatic heterocycles. The van der Waals surface area contributed by atoms with E-state index >= 15 is 0 Å². The smallest absolute Gasteiger partial charge is 0.255 e. The van der Waals surface area contributed by atoms with Crippen LogP contribution in [0.4, 0.5) is 0 Å². The zero-order chi connectivity index (χ0) is 16.2. The summed E-state index contributed by atoms with van der Waals surface area (Å²) < 4.78 is 0. The fraction of sp³-hybridized carbons (Fsp3) is 0.278. The average Bonchev–Trinajstić information content (AvgIpc) is 2.62. The number of amides is 2. The molecule has 0 bridgehead atoms. The second kappa shape index (κ2) is 6.60. The molecule has 5 nitrogen and oxygen atoms in total. The second-order valence-electron chi connectivity index (χ2n) is 5.63. The van der Waals surface area contributed by atoms with Gasteiger partial charge in [0.1, 0.15) is 0 Å². The van der Waals surface area contributed by atoms with Gasteiger partial charge in [0, 0.05) is 39.0 Å². The number of carbonyl (C=O) groups excluding carboxylic acids is 2. The number of nitrogens with zero attached hydrogens (tertiary/aromatic N) is 3. The van der Waals surface area contributed by atoms with Crippen molar-refractivity contribution in [1.29, 1.82) is 0 Å². The van der Waals surface area contributed by atoms with Crippen molar-refractivity contribution in [2.24, 2.45) is 0 Å². The van der Waals surface area contributed by atoms with Crippen LogP contribution in [-0.4, -0.2) is 46.2 Å². The zero-order valence-corrected chi connectivity index (χ0v) is 13.1. The third-order valence-electron chi connectivity index (χ3n) is 4.16. The highest BCUT2D eigenvalue weighted by Gasteiger charge is 2.32. The minimum atomic E-state index is -0.108. The maximum atomic E-state index is 12.6. The molecule has 2 heterocycles. The molecule has 2 aromatic rings. The molecule has 1 atom stereocenters. The van der Waals surface area contributed by atoms with Crippen LogP contribution in [0.2, 0.25) is 0 Å². The predicted octanol–water partition coefficient (Wildman–Crippen LogP) is 2.13. The van der Waals surface area contributed by atoms with Gasteiger partial charge in [-0.1, -0.05) is 30.3 Å². The maximum absolute atomic E-state index is 12.6.